The standard InChI is InChI=1S/C24H29I3N2O10/c1-12(30)35-8-6-29(7-9-36-13(2)31)23(34)17-18(25)15(10-37-14(3)32)19(26)21(20(17)27)28-22(33)16-11-38-24(4,5)39-16/h16H,6-11H2,1-5H3,(H,28,33). The highest BCUT2D eigenvalue weighted by atomic mass is 127. The Morgan fingerprint density at radius 1 is 0.897 bits per heavy atom. The number of hydrogen-bond donors (Lipinski definition) is 1. The molecular formula is C24H29I3N2O10. The van der Waals surface area contributed by atoms with E-state index in [4.69, 9.17) is 23.7 Å². The van der Waals surface area contributed by atoms with Gasteiger partial charge in [-0.2, -0.15) is 0 Å². The number of carbonyl (C=O) groups is 5. The van der Waals surface area contributed by atoms with Crippen LogP contribution in [0.1, 0.15) is 50.5 Å². The third-order valence-corrected chi connectivity index (χ3v) is 8.67. The summed E-state index contributed by atoms with van der Waals surface area (Å²) in [5.41, 5.74) is 1.11. The zero-order chi connectivity index (χ0) is 29.5. The quantitative estimate of drug-likeness (QED) is 0.200. The van der Waals surface area contributed by atoms with Crippen LogP contribution in [0.25, 0.3) is 0 Å². The molecule has 0 spiro atoms. The summed E-state index contributed by atoms with van der Waals surface area (Å²) < 4.78 is 28.0. The predicted octanol–water partition coefficient (Wildman–Crippen LogP) is 3.22. The van der Waals surface area contributed by atoms with Crippen molar-refractivity contribution in [2.24, 2.45) is 0 Å². The number of nitrogens with one attached hydrogen (secondary N) is 1. The van der Waals surface area contributed by atoms with Gasteiger partial charge >= 0.3 is 17.9 Å². The Bertz CT molecular complexity index is 1120. The molecule has 15 heteroatoms. The summed E-state index contributed by atoms with van der Waals surface area (Å²) in [5, 5.41) is 2.85. The van der Waals surface area contributed by atoms with Crippen molar-refractivity contribution >= 4 is 103 Å². The summed E-state index contributed by atoms with van der Waals surface area (Å²) >= 11 is 6.01. The van der Waals surface area contributed by atoms with E-state index in [0.29, 0.717) is 22.0 Å². The van der Waals surface area contributed by atoms with Crippen LogP contribution < -0.4 is 5.32 Å². The molecule has 1 aliphatic heterocycles. The monoisotopic (exact) mass is 886 g/mol. The van der Waals surface area contributed by atoms with Crippen LogP contribution in [0.4, 0.5) is 5.69 Å². The van der Waals surface area contributed by atoms with Gasteiger partial charge in [0.25, 0.3) is 11.8 Å². The molecule has 1 atom stereocenters. The van der Waals surface area contributed by atoms with Crippen molar-refractivity contribution in [2.75, 3.05) is 38.2 Å². The summed E-state index contributed by atoms with van der Waals surface area (Å²) in [6, 6.07) is 0. The third-order valence-electron chi connectivity index (χ3n) is 5.21. The molecule has 2 rings (SSSR count). The highest BCUT2D eigenvalue weighted by Gasteiger charge is 2.38. The molecule has 1 heterocycles. The van der Waals surface area contributed by atoms with Gasteiger partial charge in [-0.1, -0.05) is 0 Å². The number of esters is 3. The normalized spacial score (nSPS) is 15.8. The van der Waals surface area contributed by atoms with E-state index in [1.54, 1.807) is 13.8 Å². The number of ether oxygens (including phenoxy) is 5. The third kappa shape index (κ3) is 9.92. The highest BCUT2D eigenvalue weighted by Crippen LogP contribution is 2.37. The van der Waals surface area contributed by atoms with Crippen molar-refractivity contribution < 1.29 is 47.7 Å². The van der Waals surface area contributed by atoms with E-state index in [9.17, 15) is 24.0 Å². The molecule has 2 amide bonds. The van der Waals surface area contributed by atoms with Gasteiger partial charge in [0, 0.05) is 33.5 Å². The van der Waals surface area contributed by atoms with E-state index in [1.807, 2.05) is 67.8 Å². The van der Waals surface area contributed by atoms with Crippen molar-refractivity contribution in [1.29, 1.82) is 0 Å². The molecule has 1 aromatic rings. The lowest BCUT2D eigenvalue weighted by Crippen LogP contribution is -2.38. The molecule has 0 bridgehead atoms. The van der Waals surface area contributed by atoms with Crippen molar-refractivity contribution in [3.8, 4) is 0 Å². The minimum atomic E-state index is -0.916. The van der Waals surface area contributed by atoms with E-state index in [1.165, 1.54) is 25.7 Å². The average Bonchev–Trinajstić information content (AvgIpc) is 3.19. The van der Waals surface area contributed by atoms with Crippen LogP contribution in [0.3, 0.4) is 0 Å². The number of hydrogen-bond acceptors (Lipinski definition) is 10. The van der Waals surface area contributed by atoms with Crippen LogP contribution in [0, 0.1) is 10.7 Å². The van der Waals surface area contributed by atoms with Crippen molar-refractivity contribution in [3.63, 3.8) is 0 Å². The molecule has 216 valence electrons. The van der Waals surface area contributed by atoms with Gasteiger partial charge in [0.1, 0.15) is 19.8 Å². The first-order valence-corrected chi connectivity index (χ1v) is 14.9. The van der Waals surface area contributed by atoms with Crippen LogP contribution >= 0.6 is 67.8 Å². The van der Waals surface area contributed by atoms with Crippen LogP contribution in [0.15, 0.2) is 0 Å². The number of benzene rings is 1. The first kappa shape index (κ1) is 33.9. The average molecular weight is 886 g/mol. The van der Waals surface area contributed by atoms with Crippen molar-refractivity contribution in [3.05, 3.63) is 21.8 Å². The maximum Gasteiger partial charge on any atom is 0.302 e. The Hall–Kier alpha value is -1.32. The van der Waals surface area contributed by atoms with Gasteiger partial charge in [0.15, 0.2) is 11.9 Å². The highest BCUT2D eigenvalue weighted by molar-refractivity contribution is 14.1. The maximum atomic E-state index is 13.9. The lowest BCUT2D eigenvalue weighted by atomic mass is 10.1. The van der Waals surface area contributed by atoms with Crippen LogP contribution in [-0.2, 0) is 49.5 Å². The number of rotatable bonds is 11. The Morgan fingerprint density at radius 2 is 1.44 bits per heavy atom. The van der Waals surface area contributed by atoms with E-state index < -0.39 is 41.6 Å². The van der Waals surface area contributed by atoms with E-state index >= 15 is 0 Å². The molecule has 0 radical (unpaired) electrons. The summed E-state index contributed by atoms with van der Waals surface area (Å²) in [7, 11) is 0. The Kier molecular flexibility index (Phi) is 13.1. The van der Waals surface area contributed by atoms with E-state index in [0.717, 1.165) is 0 Å². The molecule has 1 aliphatic rings. The van der Waals surface area contributed by atoms with E-state index in [-0.39, 0.29) is 45.1 Å². The van der Waals surface area contributed by atoms with Crippen LogP contribution in [0.2, 0.25) is 0 Å². The van der Waals surface area contributed by atoms with Gasteiger partial charge in [0.05, 0.1) is 34.5 Å². The molecule has 0 aromatic heterocycles. The molecule has 1 fully saturated rings. The summed E-state index contributed by atoms with van der Waals surface area (Å²) in [6.45, 7) is 7.02. The summed E-state index contributed by atoms with van der Waals surface area (Å²) in [4.78, 5) is 62.5. The van der Waals surface area contributed by atoms with Crippen LogP contribution in [0.5, 0.6) is 0 Å². The summed E-state index contributed by atoms with van der Waals surface area (Å²) in [5.74, 6) is -3.36. The van der Waals surface area contributed by atoms with Gasteiger partial charge in [-0.05, 0) is 81.6 Å². The van der Waals surface area contributed by atoms with Crippen molar-refractivity contribution in [2.45, 2.75) is 53.1 Å². The number of carbonyl (C=O) groups excluding carboxylic acids is 5. The molecule has 0 aliphatic carbocycles. The van der Waals surface area contributed by atoms with Gasteiger partial charge in [-0.15, -0.1) is 0 Å². The van der Waals surface area contributed by atoms with Gasteiger partial charge < -0.3 is 33.9 Å². The Balaban J connectivity index is 2.52. The van der Waals surface area contributed by atoms with Crippen molar-refractivity contribution in [1.82, 2.24) is 4.90 Å². The summed E-state index contributed by atoms with van der Waals surface area (Å²) in [6.07, 6.45) is -0.870. The van der Waals surface area contributed by atoms with E-state index in [2.05, 4.69) is 5.32 Å². The number of anilines is 1. The molecule has 39 heavy (non-hydrogen) atoms. The fourth-order valence-corrected chi connectivity index (χ4v) is 7.61. The zero-order valence-corrected chi connectivity index (χ0v) is 28.5. The predicted molar refractivity (Wildman–Crippen MR) is 163 cm³/mol. The molecule has 0 saturated carbocycles. The molecule has 12 nitrogen and oxygen atoms in total. The minimum absolute atomic E-state index is 0.0289. The molecule has 1 unspecified atom stereocenters. The fourth-order valence-electron chi connectivity index (χ4n) is 3.41. The SMILES string of the molecule is CC(=O)OCCN(CCOC(C)=O)C(=O)c1c(I)c(COC(C)=O)c(I)c(NC(=O)C2COC(C)(C)O2)c1I. The maximum absolute atomic E-state index is 13.9. The lowest BCUT2D eigenvalue weighted by molar-refractivity contribution is -0.150. The number of amides is 2. The second kappa shape index (κ2) is 15.1. The number of halogens is 3. The molecular weight excluding hydrogens is 857 g/mol. The molecule has 1 saturated heterocycles. The first-order valence-electron chi connectivity index (χ1n) is 11.7. The van der Waals surface area contributed by atoms with Gasteiger partial charge in [0.2, 0.25) is 0 Å². The second-order valence-electron chi connectivity index (χ2n) is 8.73. The smallest absolute Gasteiger partial charge is 0.302 e. The molecule has 1 aromatic carbocycles. The minimum Gasteiger partial charge on any atom is -0.464 e. The first-order chi connectivity index (χ1) is 18.1. The van der Waals surface area contributed by atoms with Gasteiger partial charge in [-0.3, -0.25) is 24.0 Å². The lowest BCUT2D eigenvalue weighted by Gasteiger charge is -2.26. The second-order valence-corrected chi connectivity index (χ2v) is 12.0. The zero-order valence-electron chi connectivity index (χ0n) is 22.0. The Morgan fingerprint density at radius 3 is 1.90 bits per heavy atom. The van der Waals surface area contributed by atoms with Crippen LogP contribution in [-0.4, -0.2) is 79.4 Å². The van der Waals surface area contributed by atoms with Gasteiger partial charge in [-0.25, -0.2) is 0 Å². The Labute approximate surface area is 266 Å². The molecule has 1 N–H and O–H groups in total. The number of nitrogens with zero attached hydrogens (tertiary/aromatic N) is 1. The fraction of sp³-hybridized carbons (Fsp3) is 0.542. The topological polar surface area (TPSA) is 147 Å². The largest absolute Gasteiger partial charge is 0.464 e.